The number of ether oxygens (including phenoxy) is 2. The third-order valence-corrected chi connectivity index (χ3v) is 12.0. The van der Waals surface area contributed by atoms with E-state index in [2.05, 4.69) is 57.7 Å². The molecule has 344 valence electrons. The molecule has 4 unspecified atom stereocenters. The number of rotatable bonds is 42. The molecule has 0 rings (SSSR count). The van der Waals surface area contributed by atoms with Gasteiger partial charge in [-0.05, 0) is 103 Å². The Morgan fingerprint density at radius 1 is 0.550 bits per heavy atom. The highest BCUT2D eigenvalue weighted by Gasteiger charge is 2.30. The summed E-state index contributed by atoms with van der Waals surface area (Å²) < 4.78 is 10.6. The van der Waals surface area contributed by atoms with E-state index < -0.39 is 5.97 Å². The van der Waals surface area contributed by atoms with Crippen molar-refractivity contribution in [2.24, 2.45) is 11.3 Å². The molecule has 0 saturated heterocycles. The average Bonchev–Trinajstić information content (AvgIpc) is 3.19. The molecule has 0 aromatic rings. The van der Waals surface area contributed by atoms with Crippen LogP contribution in [0.15, 0.2) is 48.6 Å². The fraction of sp³-hybridized carbons (Fsp3) is 0.745. The summed E-state index contributed by atoms with van der Waals surface area (Å²) in [6, 6.07) is 0.382. The van der Waals surface area contributed by atoms with Gasteiger partial charge in [-0.3, -0.25) is 19.2 Å². The van der Waals surface area contributed by atoms with Crippen LogP contribution in [0.2, 0.25) is 0 Å². The van der Waals surface area contributed by atoms with Gasteiger partial charge in [0, 0.05) is 75.7 Å². The van der Waals surface area contributed by atoms with Gasteiger partial charge in [-0.2, -0.15) is 0 Å². The maximum atomic E-state index is 13.2. The van der Waals surface area contributed by atoms with Crippen molar-refractivity contribution >= 4 is 29.1 Å². The van der Waals surface area contributed by atoms with Crippen LogP contribution in [0.3, 0.4) is 0 Å². The molecule has 0 aromatic heterocycles. The Morgan fingerprint density at radius 3 is 1.60 bits per heavy atom. The van der Waals surface area contributed by atoms with Gasteiger partial charge in [0.25, 0.3) is 0 Å². The molecule has 0 aromatic carbocycles. The van der Waals surface area contributed by atoms with Crippen LogP contribution < -0.4 is 10.6 Å². The first kappa shape index (κ1) is 57.0. The van der Waals surface area contributed by atoms with Crippen molar-refractivity contribution in [3.05, 3.63) is 48.6 Å². The van der Waals surface area contributed by atoms with Crippen LogP contribution in [0.1, 0.15) is 190 Å². The molecule has 4 atom stereocenters. The highest BCUT2D eigenvalue weighted by atomic mass is 16.6. The average molecular weight is 841 g/mol. The van der Waals surface area contributed by atoms with E-state index in [4.69, 9.17) is 9.47 Å². The molecule has 9 heteroatoms. The third kappa shape index (κ3) is 30.9. The van der Waals surface area contributed by atoms with Gasteiger partial charge < -0.3 is 20.1 Å². The van der Waals surface area contributed by atoms with Crippen molar-refractivity contribution in [1.82, 2.24) is 10.6 Å². The number of unbranched alkanes of at least 4 members (excludes halogenated alkanes) is 4. The van der Waals surface area contributed by atoms with E-state index in [1.54, 1.807) is 13.8 Å². The second-order valence-electron chi connectivity index (χ2n) is 18.0. The van der Waals surface area contributed by atoms with Gasteiger partial charge in [0.1, 0.15) is 24.0 Å². The number of allylic oxidation sites excluding steroid dienone is 3. The summed E-state index contributed by atoms with van der Waals surface area (Å²) in [6.07, 6.45) is 17.8. The van der Waals surface area contributed by atoms with Gasteiger partial charge in [0.05, 0.1) is 13.2 Å². The molecule has 0 aliphatic carbocycles. The van der Waals surface area contributed by atoms with E-state index >= 15 is 0 Å². The summed E-state index contributed by atoms with van der Waals surface area (Å²) in [7, 11) is 0. The van der Waals surface area contributed by atoms with Gasteiger partial charge in [-0.15, -0.1) is 0 Å². The zero-order valence-corrected chi connectivity index (χ0v) is 39.5. The summed E-state index contributed by atoms with van der Waals surface area (Å²) in [5.74, 6) is 0.940. The van der Waals surface area contributed by atoms with Crippen LogP contribution in [0.4, 0.5) is 0 Å². The van der Waals surface area contributed by atoms with E-state index in [-0.39, 0.29) is 41.2 Å². The Balaban J connectivity index is 4.98. The maximum absolute atomic E-state index is 13.2. The predicted molar refractivity (Wildman–Crippen MR) is 249 cm³/mol. The second kappa shape index (κ2) is 34.6. The summed E-state index contributed by atoms with van der Waals surface area (Å²) in [5, 5.41) is 6.88. The van der Waals surface area contributed by atoms with Gasteiger partial charge in [-0.1, -0.05) is 96.3 Å². The van der Waals surface area contributed by atoms with Gasteiger partial charge in [-0.25, -0.2) is 4.79 Å². The number of carbonyl (C=O) groups is 5. The Hall–Kier alpha value is -3.01. The summed E-state index contributed by atoms with van der Waals surface area (Å²) in [4.78, 5) is 62.8. The molecule has 0 radical (unpaired) electrons. The summed E-state index contributed by atoms with van der Waals surface area (Å²) >= 11 is 0. The first-order valence-corrected chi connectivity index (χ1v) is 23.4. The molecule has 0 amide bonds. The van der Waals surface area contributed by atoms with E-state index in [0.29, 0.717) is 114 Å². The van der Waals surface area contributed by atoms with Crippen LogP contribution in [0, 0.1) is 11.3 Å². The minimum atomic E-state index is -0.430. The number of Topliss-reactive ketones (excluding diaryl/α,β-unsaturated/α-hetero) is 4. The normalized spacial score (nSPS) is 13.8. The zero-order chi connectivity index (χ0) is 45.3. The van der Waals surface area contributed by atoms with Crippen molar-refractivity contribution in [2.45, 2.75) is 202 Å². The summed E-state index contributed by atoms with van der Waals surface area (Å²) in [5.41, 5.74) is 2.95. The second-order valence-corrected chi connectivity index (χ2v) is 18.0. The van der Waals surface area contributed by atoms with Gasteiger partial charge in [0.2, 0.25) is 0 Å². The molecule has 0 aliphatic rings. The predicted octanol–water partition coefficient (Wildman–Crippen LogP) is 11.3. The molecule has 0 heterocycles. The lowest BCUT2D eigenvalue weighted by Crippen LogP contribution is -2.33. The fourth-order valence-electron chi connectivity index (χ4n) is 7.29. The SMILES string of the molecule is C=C(C)C(=C)CCCCCC(C)NCCC(=O)CCC(CC)(CCC(=O)CCCC(C)CCCCCC(=O)C(=C)C)CCC(=O)CCNC(C)COCCOC(=O)C(=C)C. The third-order valence-electron chi connectivity index (χ3n) is 12.0. The first-order chi connectivity index (χ1) is 28.4. The van der Waals surface area contributed by atoms with Crippen molar-refractivity contribution in [3.8, 4) is 0 Å². The van der Waals surface area contributed by atoms with Crippen LogP contribution in [-0.2, 0) is 33.4 Å². The van der Waals surface area contributed by atoms with Crippen LogP contribution in [0.5, 0.6) is 0 Å². The van der Waals surface area contributed by atoms with Crippen molar-refractivity contribution < 1.29 is 33.4 Å². The number of hydrogen-bond donors (Lipinski definition) is 2. The molecule has 0 bridgehead atoms. The molecule has 0 aliphatic heterocycles. The lowest BCUT2D eigenvalue weighted by atomic mass is 9.72. The number of esters is 1. The molecule has 9 nitrogen and oxygen atoms in total. The highest BCUT2D eigenvalue weighted by molar-refractivity contribution is 5.94. The lowest BCUT2D eigenvalue weighted by molar-refractivity contribution is -0.140. The topological polar surface area (TPSA) is 128 Å². The Morgan fingerprint density at radius 2 is 1.07 bits per heavy atom. The number of nitrogens with one attached hydrogen (secondary N) is 2. The minimum Gasteiger partial charge on any atom is -0.460 e. The van der Waals surface area contributed by atoms with Crippen molar-refractivity contribution in [1.29, 1.82) is 0 Å². The molecule has 60 heavy (non-hydrogen) atoms. The Kier molecular flexibility index (Phi) is 32.8. The van der Waals surface area contributed by atoms with E-state index in [0.717, 1.165) is 88.2 Å². The molecule has 0 spiro atoms. The monoisotopic (exact) mass is 841 g/mol. The standard InChI is InChI=1S/C51H88N2O7/c1-12-51(31-26-46(54)24-19-21-42(8)20-15-13-18-25-49(57)40(4)5,32-27-47(55)29-34-52-44(10)23-17-14-16-22-43(9)39(2)3)33-28-48(56)30-35-53-45(11)38-59-36-37-60-50(58)41(6)7/h42,44-45,52-53H,2,4,6,9,12-38H2,1,3,5,7-8,10-11H3. The van der Waals surface area contributed by atoms with Gasteiger partial charge in [0.15, 0.2) is 5.78 Å². The number of ketones is 4. The number of carbonyl (C=O) groups excluding carboxylic acids is 5. The largest absolute Gasteiger partial charge is 0.460 e. The molecular weight excluding hydrogens is 753 g/mol. The molecule has 2 N–H and O–H groups in total. The first-order valence-electron chi connectivity index (χ1n) is 23.4. The molecule has 0 saturated carbocycles. The van der Waals surface area contributed by atoms with E-state index in [1.807, 2.05) is 13.8 Å². The highest BCUT2D eigenvalue weighted by Crippen LogP contribution is 2.39. The zero-order valence-electron chi connectivity index (χ0n) is 39.5. The van der Waals surface area contributed by atoms with Gasteiger partial charge >= 0.3 is 5.97 Å². The Bertz CT molecular complexity index is 1180. The minimum absolute atomic E-state index is 0.0308. The van der Waals surface area contributed by atoms with Crippen LogP contribution in [-0.4, -0.2) is 74.1 Å². The van der Waals surface area contributed by atoms with E-state index in [9.17, 15) is 24.0 Å². The maximum Gasteiger partial charge on any atom is 0.333 e. The van der Waals surface area contributed by atoms with Crippen molar-refractivity contribution in [3.63, 3.8) is 0 Å². The molecular formula is C51H88N2O7. The smallest absolute Gasteiger partial charge is 0.333 e. The quantitative estimate of drug-likeness (QED) is 0.0267. The van der Waals surface area contributed by atoms with Crippen molar-refractivity contribution in [2.75, 3.05) is 32.9 Å². The Labute approximate surface area is 366 Å². The van der Waals surface area contributed by atoms with E-state index in [1.165, 1.54) is 0 Å². The lowest BCUT2D eigenvalue weighted by Gasteiger charge is -2.33. The number of hydrogen-bond acceptors (Lipinski definition) is 9. The summed E-state index contributed by atoms with van der Waals surface area (Å²) in [6.45, 7) is 31.4. The van der Waals surface area contributed by atoms with Crippen LogP contribution >= 0.6 is 0 Å². The molecule has 0 fully saturated rings. The van der Waals surface area contributed by atoms with Crippen LogP contribution in [0.25, 0.3) is 0 Å². The fourth-order valence-corrected chi connectivity index (χ4v) is 7.29.